The maximum absolute atomic E-state index is 11.7. The molecule has 0 unspecified atom stereocenters. The van der Waals surface area contributed by atoms with E-state index in [0.29, 0.717) is 5.02 Å². The number of nitrogens with two attached hydrogens (primary N) is 1. The van der Waals surface area contributed by atoms with E-state index in [1.54, 1.807) is 0 Å². The predicted octanol–water partition coefficient (Wildman–Crippen LogP) is 0.725. The van der Waals surface area contributed by atoms with Crippen molar-refractivity contribution in [2.24, 2.45) is 10.2 Å². The minimum Gasteiger partial charge on any atom is -0.467 e. The monoisotopic (exact) mass is 261 g/mol. The zero-order chi connectivity index (χ0) is 11.9. The molecular weight excluding hydrogens is 254 g/mol. The smallest absolute Gasteiger partial charge is 0.322 e. The Labute approximate surface area is 97.3 Å². The number of sulfonamides is 1. The van der Waals surface area contributed by atoms with Gasteiger partial charge >= 0.3 is 6.02 Å². The van der Waals surface area contributed by atoms with Crippen LogP contribution in [0.1, 0.15) is 0 Å². The van der Waals surface area contributed by atoms with E-state index in [0.717, 1.165) is 5.01 Å². The summed E-state index contributed by atoms with van der Waals surface area (Å²) < 4.78 is 31.6. The van der Waals surface area contributed by atoms with Crippen molar-refractivity contribution >= 4 is 33.3 Å². The summed E-state index contributed by atoms with van der Waals surface area (Å²) in [6, 6.07) is 4.04. The van der Waals surface area contributed by atoms with Crippen LogP contribution in [-0.4, -0.2) is 21.5 Å². The number of rotatable bonds is 0. The number of nitrogens with zero attached hydrogens (tertiary/aromatic N) is 2. The van der Waals surface area contributed by atoms with Crippen molar-refractivity contribution in [2.45, 2.75) is 4.90 Å². The topological polar surface area (TPSA) is 85.0 Å². The maximum Gasteiger partial charge on any atom is 0.322 e. The number of benzene rings is 1. The predicted molar refractivity (Wildman–Crippen MR) is 59.7 cm³/mol. The van der Waals surface area contributed by atoms with Crippen LogP contribution in [0.4, 0.5) is 5.69 Å². The number of anilines is 1. The minimum absolute atomic E-state index is 0.000185. The number of halogens is 1. The van der Waals surface area contributed by atoms with E-state index in [-0.39, 0.29) is 16.6 Å². The van der Waals surface area contributed by atoms with Gasteiger partial charge in [0.15, 0.2) is 0 Å². The van der Waals surface area contributed by atoms with Crippen molar-refractivity contribution in [2.75, 3.05) is 12.1 Å². The Morgan fingerprint density at radius 3 is 2.81 bits per heavy atom. The van der Waals surface area contributed by atoms with Crippen molar-refractivity contribution in [1.82, 2.24) is 0 Å². The molecule has 2 N–H and O–H groups in total. The molecule has 1 heterocycles. The largest absolute Gasteiger partial charge is 0.467 e. The molecule has 1 aromatic carbocycles. The molecule has 2 rings (SSSR count). The molecule has 16 heavy (non-hydrogen) atoms. The molecule has 0 saturated heterocycles. The van der Waals surface area contributed by atoms with Gasteiger partial charge in [0.2, 0.25) is 0 Å². The third-order valence-corrected chi connectivity index (χ3v) is 3.58. The van der Waals surface area contributed by atoms with E-state index in [4.69, 9.17) is 22.2 Å². The molecule has 1 aliphatic rings. The highest BCUT2D eigenvalue weighted by atomic mass is 35.5. The van der Waals surface area contributed by atoms with Gasteiger partial charge in [-0.15, -0.1) is 4.40 Å². The summed E-state index contributed by atoms with van der Waals surface area (Å²) in [5, 5.41) is 1.41. The first kappa shape index (κ1) is 11.2. The fourth-order valence-corrected chi connectivity index (χ4v) is 2.63. The molecule has 86 valence electrons. The van der Waals surface area contributed by atoms with Crippen LogP contribution >= 0.6 is 11.6 Å². The lowest BCUT2D eigenvalue weighted by Crippen LogP contribution is -2.42. The van der Waals surface area contributed by atoms with Crippen LogP contribution in [0.5, 0.6) is 0 Å². The van der Waals surface area contributed by atoms with Crippen LogP contribution in [-0.2, 0) is 14.8 Å². The number of hydrazine groups is 1. The first-order valence-corrected chi connectivity index (χ1v) is 6.01. The second-order valence-electron chi connectivity index (χ2n) is 3.04. The molecule has 0 atom stereocenters. The van der Waals surface area contributed by atoms with Crippen LogP contribution in [0.15, 0.2) is 27.5 Å². The average Bonchev–Trinajstić information content (AvgIpc) is 2.23. The highest BCUT2D eigenvalue weighted by molar-refractivity contribution is 7.90. The van der Waals surface area contributed by atoms with Gasteiger partial charge in [-0.05, 0) is 18.2 Å². The molecule has 0 saturated carbocycles. The normalized spacial score (nSPS) is 17.7. The molecule has 0 spiro atoms. The van der Waals surface area contributed by atoms with Crippen molar-refractivity contribution in [1.29, 1.82) is 0 Å². The molecule has 1 aliphatic heterocycles. The molecule has 0 aromatic heterocycles. The number of ether oxygens (including phenoxy) is 1. The summed E-state index contributed by atoms with van der Waals surface area (Å²) in [5.41, 5.74) is 0.236. The summed E-state index contributed by atoms with van der Waals surface area (Å²) in [4.78, 5) is 0.000185. The Bertz CT molecular complexity index is 570. The lowest BCUT2D eigenvalue weighted by molar-refractivity contribution is 0.391. The highest BCUT2D eigenvalue weighted by Gasteiger charge is 2.30. The molecule has 0 bridgehead atoms. The van der Waals surface area contributed by atoms with Crippen LogP contribution in [0.3, 0.4) is 0 Å². The minimum atomic E-state index is -3.77. The Morgan fingerprint density at radius 2 is 2.19 bits per heavy atom. The third-order valence-electron chi connectivity index (χ3n) is 2.05. The standard InChI is InChI=1S/C8H8ClN3O3S/c1-15-8-11-16(13,14)7-3-2-5(9)4-6(7)12(8)10/h2-4H,10H2,1H3. The quantitative estimate of drug-likeness (QED) is 0.696. The van der Waals surface area contributed by atoms with E-state index in [1.807, 2.05) is 0 Å². The van der Waals surface area contributed by atoms with Gasteiger partial charge in [0.25, 0.3) is 10.0 Å². The first-order valence-electron chi connectivity index (χ1n) is 4.19. The summed E-state index contributed by atoms with van der Waals surface area (Å²) in [6.07, 6.45) is 0. The van der Waals surface area contributed by atoms with E-state index in [9.17, 15) is 8.42 Å². The number of fused-ring (bicyclic) bond motifs is 1. The van der Waals surface area contributed by atoms with Gasteiger partial charge in [-0.1, -0.05) is 11.6 Å². The van der Waals surface area contributed by atoms with E-state index in [2.05, 4.69) is 4.40 Å². The van der Waals surface area contributed by atoms with Gasteiger partial charge in [-0.25, -0.2) is 10.9 Å². The van der Waals surface area contributed by atoms with Gasteiger partial charge in [0.05, 0.1) is 12.8 Å². The number of methoxy groups -OCH3 is 1. The fraction of sp³-hybridized carbons (Fsp3) is 0.125. The van der Waals surface area contributed by atoms with Crippen LogP contribution < -0.4 is 10.9 Å². The summed E-state index contributed by atoms with van der Waals surface area (Å²) >= 11 is 5.77. The Hall–Kier alpha value is -1.31. The van der Waals surface area contributed by atoms with E-state index in [1.165, 1.54) is 25.3 Å². The van der Waals surface area contributed by atoms with Gasteiger partial charge in [-0.3, -0.25) is 0 Å². The summed E-state index contributed by atoms with van der Waals surface area (Å²) in [6.45, 7) is 0. The van der Waals surface area contributed by atoms with Crippen LogP contribution in [0, 0.1) is 0 Å². The number of amidine groups is 1. The second-order valence-corrected chi connectivity index (χ2v) is 5.04. The van der Waals surface area contributed by atoms with Crippen molar-refractivity contribution in [3.8, 4) is 0 Å². The Morgan fingerprint density at radius 1 is 1.50 bits per heavy atom. The van der Waals surface area contributed by atoms with Gasteiger partial charge < -0.3 is 4.74 Å². The number of hydrogen-bond acceptors (Lipinski definition) is 5. The maximum atomic E-state index is 11.7. The molecular formula is C8H8ClN3O3S. The van der Waals surface area contributed by atoms with E-state index < -0.39 is 10.0 Å². The van der Waals surface area contributed by atoms with Crippen molar-refractivity contribution in [3.05, 3.63) is 23.2 Å². The van der Waals surface area contributed by atoms with E-state index >= 15 is 0 Å². The Kier molecular flexibility index (Phi) is 2.53. The molecule has 6 nitrogen and oxygen atoms in total. The average molecular weight is 262 g/mol. The molecule has 0 aliphatic carbocycles. The highest BCUT2D eigenvalue weighted by Crippen LogP contribution is 2.32. The fourth-order valence-electron chi connectivity index (χ4n) is 1.33. The Balaban J connectivity index is 2.72. The third kappa shape index (κ3) is 1.62. The lowest BCUT2D eigenvalue weighted by Gasteiger charge is -2.24. The molecule has 0 fully saturated rings. The molecule has 0 radical (unpaired) electrons. The first-order chi connectivity index (χ1) is 7.45. The zero-order valence-electron chi connectivity index (χ0n) is 8.21. The van der Waals surface area contributed by atoms with Crippen molar-refractivity contribution in [3.63, 3.8) is 0 Å². The van der Waals surface area contributed by atoms with Gasteiger partial charge in [0, 0.05) is 5.02 Å². The van der Waals surface area contributed by atoms with Crippen molar-refractivity contribution < 1.29 is 13.2 Å². The van der Waals surface area contributed by atoms with Crippen LogP contribution in [0.25, 0.3) is 0 Å². The molecule has 1 aromatic rings. The zero-order valence-corrected chi connectivity index (χ0v) is 9.79. The molecule has 0 amide bonds. The molecule has 8 heteroatoms. The SMILES string of the molecule is COC1=NS(=O)(=O)c2ccc(Cl)cc2N1N. The lowest BCUT2D eigenvalue weighted by atomic mass is 10.3. The van der Waals surface area contributed by atoms with Gasteiger partial charge in [0.1, 0.15) is 4.90 Å². The number of hydrogen-bond donors (Lipinski definition) is 1. The van der Waals surface area contributed by atoms with Crippen LogP contribution in [0.2, 0.25) is 5.02 Å². The summed E-state index contributed by atoms with van der Waals surface area (Å²) in [7, 11) is -2.49. The van der Waals surface area contributed by atoms with Gasteiger partial charge in [-0.2, -0.15) is 8.42 Å². The second kappa shape index (κ2) is 3.62. The summed E-state index contributed by atoms with van der Waals surface area (Å²) in [5.74, 6) is 5.65.